The summed E-state index contributed by atoms with van der Waals surface area (Å²) in [6.45, 7) is 0. The lowest BCUT2D eigenvalue weighted by atomic mass is 9.93. The first-order valence-corrected chi connectivity index (χ1v) is 12.4. The zero-order valence-corrected chi connectivity index (χ0v) is 19.8. The SMILES string of the molecule is c1cnc2c(c1)ccc1c(-c3ccc(-c4ccc5c(c4)oc4ccccc45)cc3)c3ccccc3nc12. The van der Waals surface area contributed by atoms with E-state index in [4.69, 9.17) is 9.40 Å². The lowest BCUT2D eigenvalue weighted by molar-refractivity contribution is 0.669. The topological polar surface area (TPSA) is 38.9 Å². The van der Waals surface area contributed by atoms with Crippen LogP contribution in [0.1, 0.15) is 0 Å². The summed E-state index contributed by atoms with van der Waals surface area (Å²) in [4.78, 5) is 9.70. The van der Waals surface area contributed by atoms with Crippen molar-refractivity contribution in [2.75, 3.05) is 0 Å². The molecule has 0 aliphatic rings. The highest BCUT2D eigenvalue weighted by Gasteiger charge is 2.14. The third-order valence-corrected chi connectivity index (χ3v) is 7.31. The quantitative estimate of drug-likeness (QED) is 0.186. The smallest absolute Gasteiger partial charge is 0.136 e. The highest BCUT2D eigenvalue weighted by Crippen LogP contribution is 2.38. The third-order valence-electron chi connectivity index (χ3n) is 7.31. The van der Waals surface area contributed by atoms with Crippen molar-refractivity contribution in [3.05, 3.63) is 121 Å². The lowest BCUT2D eigenvalue weighted by Crippen LogP contribution is -1.91. The van der Waals surface area contributed by atoms with Crippen molar-refractivity contribution in [3.63, 3.8) is 0 Å². The number of pyridine rings is 2. The summed E-state index contributed by atoms with van der Waals surface area (Å²) in [7, 11) is 0. The van der Waals surface area contributed by atoms with E-state index in [0.29, 0.717) is 0 Å². The second kappa shape index (κ2) is 7.74. The van der Waals surface area contributed by atoms with E-state index < -0.39 is 0 Å². The van der Waals surface area contributed by atoms with Crippen LogP contribution >= 0.6 is 0 Å². The first-order chi connectivity index (χ1) is 18.3. The van der Waals surface area contributed by atoms with Gasteiger partial charge in [0.05, 0.1) is 16.6 Å². The van der Waals surface area contributed by atoms with Crippen LogP contribution in [0.5, 0.6) is 0 Å². The van der Waals surface area contributed by atoms with Gasteiger partial charge >= 0.3 is 0 Å². The van der Waals surface area contributed by atoms with Gasteiger partial charge in [0.15, 0.2) is 0 Å². The predicted octanol–water partition coefficient (Wildman–Crippen LogP) is 9.17. The molecule has 37 heavy (non-hydrogen) atoms. The summed E-state index contributed by atoms with van der Waals surface area (Å²) >= 11 is 0. The molecular weight excluding hydrogens is 452 g/mol. The van der Waals surface area contributed by atoms with Crippen molar-refractivity contribution in [2.45, 2.75) is 0 Å². The number of hydrogen-bond donors (Lipinski definition) is 0. The molecule has 172 valence electrons. The van der Waals surface area contributed by atoms with Gasteiger partial charge in [-0.1, -0.05) is 84.9 Å². The maximum absolute atomic E-state index is 6.13. The fraction of sp³-hybridized carbons (Fsp3) is 0. The van der Waals surface area contributed by atoms with Crippen molar-refractivity contribution >= 4 is 54.6 Å². The summed E-state index contributed by atoms with van der Waals surface area (Å²) in [5.41, 5.74) is 9.31. The van der Waals surface area contributed by atoms with Gasteiger partial charge < -0.3 is 4.42 Å². The summed E-state index contributed by atoms with van der Waals surface area (Å²) in [6, 6.07) is 40.2. The second-order valence-electron chi connectivity index (χ2n) is 9.43. The van der Waals surface area contributed by atoms with Crippen LogP contribution in [0.2, 0.25) is 0 Å². The molecule has 0 unspecified atom stereocenters. The molecule has 0 spiro atoms. The van der Waals surface area contributed by atoms with Crippen LogP contribution in [0.15, 0.2) is 126 Å². The standard InChI is InChI=1S/C34H20N2O/c1-3-9-29-27(8-1)32(28-18-15-23-6-5-19-35-33(23)34(28)36-29)22-13-11-21(12-14-22)24-16-17-26-25-7-2-4-10-30(25)37-31(26)20-24/h1-20H. The average molecular weight is 473 g/mol. The van der Waals surface area contributed by atoms with E-state index in [1.54, 1.807) is 0 Å². The van der Waals surface area contributed by atoms with E-state index in [0.717, 1.165) is 71.3 Å². The van der Waals surface area contributed by atoms with Crippen LogP contribution in [0.3, 0.4) is 0 Å². The average Bonchev–Trinajstić information content (AvgIpc) is 3.34. The molecule has 5 aromatic carbocycles. The Kier molecular flexibility index (Phi) is 4.23. The number of aromatic nitrogens is 2. The third kappa shape index (κ3) is 3.08. The molecule has 3 heterocycles. The number of para-hydroxylation sites is 2. The lowest BCUT2D eigenvalue weighted by Gasteiger charge is -2.13. The molecule has 3 nitrogen and oxygen atoms in total. The number of benzene rings is 5. The largest absolute Gasteiger partial charge is 0.456 e. The van der Waals surface area contributed by atoms with Gasteiger partial charge in [-0.25, -0.2) is 4.98 Å². The zero-order valence-electron chi connectivity index (χ0n) is 19.8. The minimum atomic E-state index is 0.910. The minimum Gasteiger partial charge on any atom is -0.456 e. The van der Waals surface area contributed by atoms with Crippen LogP contribution in [0.4, 0.5) is 0 Å². The Balaban J connectivity index is 1.31. The zero-order chi connectivity index (χ0) is 24.3. The molecular formula is C34H20N2O. The molecule has 0 radical (unpaired) electrons. The van der Waals surface area contributed by atoms with Gasteiger partial charge in [-0.15, -0.1) is 0 Å². The first-order valence-electron chi connectivity index (χ1n) is 12.4. The van der Waals surface area contributed by atoms with Gasteiger partial charge in [0.2, 0.25) is 0 Å². The van der Waals surface area contributed by atoms with Crippen LogP contribution in [-0.2, 0) is 0 Å². The normalized spacial score (nSPS) is 11.8. The molecule has 0 bridgehead atoms. The second-order valence-corrected chi connectivity index (χ2v) is 9.43. The minimum absolute atomic E-state index is 0.910. The van der Waals surface area contributed by atoms with E-state index in [1.165, 1.54) is 5.56 Å². The van der Waals surface area contributed by atoms with Gasteiger partial charge in [0, 0.05) is 38.7 Å². The van der Waals surface area contributed by atoms with Gasteiger partial charge in [0.1, 0.15) is 11.2 Å². The molecule has 0 N–H and O–H groups in total. The van der Waals surface area contributed by atoms with Crippen LogP contribution < -0.4 is 0 Å². The molecule has 0 aliphatic carbocycles. The maximum Gasteiger partial charge on any atom is 0.136 e. The van der Waals surface area contributed by atoms with E-state index >= 15 is 0 Å². The van der Waals surface area contributed by atoms with E-state index in [-0.39, 0.29) is 0 Å². The molecule has 0 saturated carbocycles. The van der Waals surface area contributed by atoms with Gasteiger partial charge in [-0.2, -0.15) is 0 Å². The maximum atomic E-state index is 6.13. The van der Waals surface area contributed by atoms with Crippen molar-refractivity contribution in [3.8, 4) is 22.3 Å². The van der Waals surface area contributed by atoms with Crippen LogP contribution in [0.25, 0.3) is 76.9 Å². The van der Waals surface area contributed by atoms with E-state index in [1.807, 2.05) is 30.5 Å². The van der Waals surface area contributed by atoms with Crippen molar-refractivity contribution in [1.82, 2.24) is 9.97 Å². The molecule has 0 aliphatic heterocycles. The van der Waals surface area contributed by atoms with E-state index in [2.05, 4.69) is 96.0 Å². The number of fused-ring (bicyclic) bond motifs is 7. The molecule has 0 atom stereocenters. The molecule has 8 rings (SSSR count). The molecule has 8 aromatic rings. The number of furan rings is 1. The van der Waals surface area contributed by atoms with Crippen molar-refractivity contribution < 1.29 is 4.42 Å². The Morgan fingerprint density at radius 1 is 0.486 bits per heavy atom. The Bertz CT molecular complexity index is 2140. The summed E-state index contributed by atoms with van der Waals surface area (Å²) in [6.07, 6.45) is 1.84. The summed E-state index contributed by atoms with van der Waals surface area (Å²) in [5.74, 6) is 0. The monoisotopic (exact) mass is 472 g/mol. The van der Waals surface area contributed by atoms with Crippen molar-refractivity contribution in [2.24, 2.45) is 0 Å². The number of nitrogens with zero attached hydrogens (tertiary/aromatic N) is 2. The Morgan fingerprint density at radius 3 is 2.14 bits per heavy atom. The van der Waals surface area contributed by atoms with E-state index in [9.17, 15) is 0 Å². The Labute approximate surface area is 212 Å². The Morgan fingerprint density at radius 2 is 1.22 bits per heavy atom. The van der Waals surface area contributed by atoms with Crippen molar-refractivity contribution in [1.29, 1.82) is 0 Å². The van der Waals surface area contributed by atoms with Crippen LogP contribution in [-0.4, -0.2) is 9.97 Å². The van der Waals surface area contributed by atoms with Gasteiger partial charge in [0.25, 0.3) is 0 Å². The number of hydrogen-bond acceptors (Lipinski definition) is 3. The highest BCUT2D eigenvalue weighted by atomic mass is 16.3. The predicted molar refractivity (Wildman–Crippen MR) is 153 cm³/mol. The van der Waals surface area contributed by atoms with Gasteiger partial charge in [-0.3, -0.25) is 4.98 Å². The first kappa shape index (κ1) is 20.2. The van der Waals surface area contributed by atoms with Crippen LogP contribution in [0, 0.1) is 0 Å². The fourth-order valence-corrected chi connectivity index (χ4v) is 5.54. The van der Waals surface area contributed by atoms with Gasteiger partial charge in [-0.05, 0) is 47.0 Å². The summed E-state index contributed by atoms with van der Waals surface area (Å²) < 4.78 is 6.13. The number of rotatable bonds is 2. The molecule has 0 saturated heterocycles. The molecule has 0 fully saturated rings. The molecule has 3 heteroatoms. The highest BCUT2D eigenvalue weighted by molar-refractivity contribution is 6.16. The molecule has 3 aromatic heterocycles. The fourth-order valence-electron chi connectivity index (χ4n) is 5.54. The molecule has 0 amide bonds. The Hall–Kier alpha value is -5.02. The summed E-state index contributed by atoms with van der Waals surface area (Å²) in [5, 5.41) is 5.65.